The van der Waals surface area contributed by atoms with Gasteiger partial charge in [0.1, 0.15) is 0 Å². The topological polar surface area (TPSA) is 47.8 Å². The Hall–Kier alpha value is -2.49. The fraction of sp³-hybridized carbons (Fsp3) is 0.0714. The number of rotatable bonds is 3. The lowest BCUT2D eigenvalue weighted by atomic mass is 10.2. The van der Waals surface area contributed by atoms with Crippen molar-refractivity contribution in [2.75, 3.05) is 0 Å². The molecule has 0 saturated carbocycles. The van der Waals surface area contributed by atoms with E-state index in [4.69, 9.17) is 0 Å². The quantitative estimate of drug-likeness (QED) is 0.657. The maximum absolute atomic E-state index is 11.1. The molecule has 18 heavy (non-hydrogen) atoms. The third-order valence-electron chi connectivity index (χ3n) is 2.87. The summed E-state index contributed by atoms with van der Waals surface area (Å²) in [6.45, 7) is 0.622. The highest BCUT2D eigenvalue weighted by Crippen LogP contribution is 2.15. The van der Waals surface area contributed by atoms with E-state index in [1.165, 1.54) is 0 Å². The molecule has 1 aromatic carbocycles. The SMILES string of the molecule is O=Cc1nc2ccncc2n1Cc1ccccc1. The summed E-state index contributed by atoms with van der Waals surface area (Å²) in [6.07, 6.45) is 4.19. The van der Waals surface area contributed by atoms with Gasteiger partial charge in [-0.3, -0.25) is 9.78 Å². The Balaban J connectivity index is 2.12. The number of hydrogen-bond donors (Lipinski definition) is 0. The fourth-order valence-electron chi connectivity index (χ4n) is 2.01. The molecule has 3 aromatic rings. The number of carbonyl (C=O) groups excluding carboxylic acids is 1. The normalized spacial score (nSPS) is 10.7. The summed E-state index contributed by atoms with van der Waals surface area (Å²) in [6, 6.07) is 11.8. The van der Waals surface area contributed by atoms with Gasteiger partial charge in [0.15, 0.2) is 12.1 Å². The second-order valence-electron chi connectivity index (χ2n) is 4.02. The minimum Gasteiger partial charge on any atom is -0.316 e. The van der Waals surface area contributed by atoms with Crippen LogP contribution in [-0.2, 0) is 6.54 Å². The van der Waals surface area contributed by atoms with Crippen LogP contribution in [0.1, 0.15) is 16.2 Å². The van der Waals surface area contributed by atoms with Crippen LogP contribution in [0.15, 0.2) is 48.8 Å². The Morgan fingerprint density at radius 1 is 1.17 bits per heavy atom. The van der Waals surface area contributed by atoms with Gasteiger partial charge in [-0.25, -0.2) is 4.98 Å². The minimum atomic E-state index is 0.432. The summed E-state index contributed by atoms with van der Waals surface area (Å²) in [7, 11) is 0. The van der Waals surface area contributed by atoms with Crippen LogP contribution < -0.4 is 0 Å². The fourth-order valence-corrected chi connectivity index (χ4v) is 2.01. The Kier molecular flexibility index (Phi) is 2.61. The van der Waals surface area contributed by atoms with Crippen molar-refractivity contribution in [2.45, 2.75) is 6.54 Å². The lowest BCUT2D eigenvalue weighted by Gasteiger charge is -2.05. The smallest absolute Gasteiger partial charge is 0.185 e. The third kappa shape index (κ3) is 1.78. The second kappa shape index (κ2) is 4.41. The van der Waals surface area contributed by atoms with Crippen molar-refractivity contribution in [1.82, 2.24) is 14.5 Å². The van der Waals surface area contributed by atoms with Gasteiger partial charge >= 0.3 is 0 Å². The van der Waals surface area contributed by atoms with Gasteiger partial charge in [-0.2, -0.15) is 0 Å². The maximum atomic E-state index is 11.1. The first-order valence-corrected chi connectivity index (χ1v) is 5.68. The monoisotopic (exact) mass is 237 g/mol. The van der Waals surface area contributed by atoms with Gasteiger partial charge in [0.25, 0.3) is 0 Å². The number of aldehydes is 1. The summed E-state index contributed by atoms with van der Waals surface area (Å²) in [5, 5.41) is 0. The van der Waals surface area contributed by atoms with E-state index < -0.39 is 0 Å². The van der Waals surface area contributed by atoms with Gasteiger partial charge in [-0.15, -0.1) is 0 Å². The number of hydrogen-bond acceptors (Lipinski definition) is 3. The van der Waals surface area contributed by atoms with E-state index in [9.17, 15) is 4.79 Å². The highest BCUT2D eigenvalue weighted by atomic mass is 16.1. The molecule has 0 saturated heterocycles. The summed E-state index contributed by atoms with van der Waals surface area (Å²) in [5.41, 5.74) is 2.80. The first kappa shape index (κ1) is 10.7. The van der Waals surface area contributed by atoms with Crippen LogP contribution in [0.25, 0.3) is 11.0 Å². The zero-order valence-corrected chi connectivity index (χ0v) is 9.65. The molecule has 4 nitrogen and oxygen atoms in total. The van der Waals surface area contributed by atoms with Gasteiger partial charge in [0, 0.05) is 12.7 Å². The van der Waals surface area contributed by atoms with Gasteiger partial charge in [0.2, 0.25) is 0 Å². The van der Waals surface area contributed by atoms with Crippen molar-refractivity contribution in [3.63, 3.8) is 0 Å². The first-order valence-electron chi connectivity index (χ1n) is 5.68. The van der Waals surface area contributed by atoms with Crippen molar-refractivity contribution in [2.24, 2.45) is 0 Å². The van der Waals surface area contributed by atoms with E-state index in [0.717, 1.165) is 22.9 Å². The molecule has 0 bridgehead atoms. The van der Waals surface area contributed by atoms with Crippen molar-refractivity contribution in [3.8, 4) is 0 Å². The molecule has 0 fully saturated rings. The van der Waals surface area contributed by atoms with Crippen LogP contribution in [0.3, 0.4) is 0 Å². The molecule has 2 heterocycles. The summed E-state index contributed by atoms with van der Waals surface area (Å²) in [5.74, 6) is 0.432. The summed E-state index contributed by atoms with van der Waals surface area (Å²) >= 11 is 0. The largest absolute Gasteiger partial charge is 0.316 e. The highest BCUT2D eigenvalue weighted by Gasteiger charge is 2.09. The predicted molar refractivity (Wildman–Crippen MR) is 68.5 cm³/mol. The van der Waals surface area contributed by atoms with Crippen molar-refractivity contribution < 1.29 is 4.79 Å². The number of pyridine rings is 1. The average molecular weight is 237 g/mol. The van der Waals surface area contributed by atoms with E-state index in [-0.39, 0.29) is 0 Å². The number of benzene rings is 1. The number of nitrogens with zero attached hydrogens (tertiary/aromatic N) is 3. The Labute approximate surface area is 104 Å². The Morgan fingerprint density at radius 2 is 2.00 bits per heavy atom. The second-order valence-corrected chi connectivity index (χ2v) is 4.02. The first-order chi connectivity index (χ1) is 8.88. The average Bonchev–Trinajstić information content (AvgIpc) is 2.78. The van der Waals surface area contributed by atoms with Crippen LogP contribution >= 0.6 is 0 Å². The van der Waals surface area contributed by atoms with E-state index in [1.807, 2.05) is 41.0 Å². The number of aromatic nitrogens is 3. The van der Waals surface area contributed by atoms with Crippen LogP contribution in [-0.4, -0.2) is 20.8 Å². The number of imidazole rings is 1. The number of fused-ring (bicyclic) bond motifs is 1. The summed E-state index contributed by atoms with van der Waals surface area (Å²) in [4.78, 5) is 19.5. The highest BCUT2D eigenvalue weighted by molar-refractivity contribution is 5.82. The van der Waals surface area contributed by atoms with E-state index in [0.29, 0.717) is 12.4 Å². The molecule has 0 aliphatic rings. The van der Waals surface area contributed by atoms with Crippen molar-refractivity contribution in [1.29, 1.82) is 0 Å². The van der Waals surface area contributed by atoms with E-state index in [2.05, 4.69) is 9.97 Å². The van der Waals surface area contributed by atoms with Crippen LogP contribution in [0, 0.1) is 0 Å². The zero-order chi connectivity index (χ0) is 12.4. The lowest BCUT2D eigenvalue weighted by molar-refractivity contribution is 0.111. The van der Waals surface area contributed by atoms with Crippen LogP contribution in [0.4, 0.5) is 0 Å². The van der Waals surface area contributed by atoms with Crippen molar-refractivity contribution in [3.05, 3.63) is 60.2 Å². The van der Waals surface area contributed by atoms with Gasteiger partial charge in [-0.1, -0.05) is 30.3 Å². The molecule has 0 amide bonds. The molecule has 4 heteroatoms. The standard InChI is InChI=1S/C14H11N3O/c18-10-14-16-12-6-7-15-8-13(12)17(14)9-11-4-2-1-3-5-11/h1-8,10H,9H2. The van der Waals surface area contributed by atoms with Gasteiger partial charge < -0.3 is 4.57 Å². The van der Waals surface area contributed by atoms with Gasteiger partial charge in [-0.05, 0) is 11.6 Å². The minimum absolute atomic E-state index is 0.432. The molecule has 0 N–H and O–H groups in total. The molecule has 0 radical (unpaired) electrons. The molecule has 88 valence electrons. The van der Waals surface area contributed by atoms with Crippen molar-refractivity contribution >= 4 is 17.3 Å². The number of carbonyl (C=O) groups is 1. The molecular weight excluding hydrogens is 226 g/mol. The van der Waals surface area contributed by atoms with Crippen LogP contribution in [0.2, 0.25) is 0 Å². The molecule has 0 atom stereocenters. The Bertz CT molecular complexity index is 689. The molecule has 0 aliphatic carbocycles. The van der Waals surface area contributed by atoms with Crippen LogP contribution in [0.5, 0.6) is 0 Å². The Morgan fingerprint density at radius 3 is 2.78 bits per heavy atom. The van der Waals surface area contributed by atoms with E-state index >= 15 is 0 Å². The molecule has 0 spiro atoms. The van der Waals surface area contributed by atoms with Gasteiger partial charge in [0.05, 0.1) is 17.2 Å². The molecule has 2 aromatic heterocycles. The molecule has 0 unspecified atom stereocenters. The lowest BCUT2D eigenvalue weighted by Crippen LogP contribution is -2.04. The molecular formula is C14H11N3O. The van der Waals surface area contributed by atoms with E-state index in [1.54, 1.807) is 12.4 Å². The molecule has 0 aliphatic heterocycles. The molecule has 3 rings (SSSR count). The summed E-state index contributed by atoms with van der Waals surface area (Å²) < 4.78 is 1.88. The zero-order valence-electron chi connectivity index (χ0n) is 9.65. The predicted octanol–water partition coefficient (Wildman–Crippen LogP) is 2.29. The maximum Gasteiger partial charge on any atom is 0.185 e. The third-order valence-corrected chi connectivity index (χ3v) is 2.87.